The molecule has 1 aromatic heterocycles. The van der Waals surface area contributed by atoms with Gasteiger partial charge in [-0.1, -0.05) is 11.6 Å². The molecule has 1 saturated carbocycles. The van der Waals surface area contributed by atoms with Crippen molar-refractivity contribution in [3.63, 3.8) is 0 Å². The summed E-state index contributed by atoms with van der Waals surface area (Å²) < 4.78 is 6.45. The van der Waals surface area contributed by atoms with Gasteiger partial charge >= 0.3 is 0 Å². The molecule has 0 saturated heterocycles. The molecule has 1 heterocycles. The summed E-state index contributed by atoms with van der Waals surface area (Å²) in [5.41, 5.74) is -0.195. The molecule has 0 spiro atoms. The van der Waals surface area contributed by atoms with Gasteiger partial charge in [-0.15, -0.1) is 0 Å². The smallest absolute Gasteiger partial charge is 0.297 e. The molecule has 0 amide bonds. The minimum absolute atomic E-state index is 0.129. The molecule has 1 aliphatic rings. The number of hydrogen-bond donors (Lipinski definition) is 0. The topological polar surface area (TPSA) is 44.1 Å². The van der Waals surface area contributed by atoms with E-state index >= 15 is 0 Å². The van der Waals surface area contributed by atoms with Crippen LogP contribution in [0.25, 0.3) is 0 Å². The lowest BCUT2D eigenvalue weighted by Crippen LogP contribution is -2.22. The molecule has 0 atom stereocenters. The maximum atomic E-state index is 11.7. The van der Waals surface area contributed by atoms with Crippen LogP contribution in [0.5, 0.6) is 5.75 Å². The number of halogens is 1. The van der Waals surface area contributed by atoms with Gasteiger partial charge in [-0.3, -0.25) is 9.36 Å². The van der Waals surface area contributed by atoms with Gasteiger partial charge < -0.3 is 4.74 Å². The van der Waals surface area contributed by atoms with Gasteiger partial charge in [-0.25, -0.2) is 4.98 Å². The molecular weight excluding hydrogens is 204 g/mol. The average molecular weight is 215 g/mol. The number of hydrogen-bond acceptors (Lipinski definition) is 3. The first kappa shape index (κ1) is 9.52. The maximum Gasteiger partial charge on any atom is 0.297 e. The summed E-state index contributed by atoms with van der Waals surface area (Å²) in [5.74, 6) is 0.759. The lowest BCUT2D eigenvalue weighted by atomic mass is 10.4. The van der Waals surface area contributed by atoms with Gasteiger partial charge in [0.25, 0.3) is 5.56 Å². The lowest BCUT2D eigenvalue weighted by molar-refractivity contribution is 0.398. The Bertz CT molecular complexity index is 398. The van der Waals surface area contributed by atoms with Crippen molar-refractivity contribution in [3.8, 4) is 5.75 Å². The molecule has 4 nitrogen and oxygen atoms in total. The molecule has 1 fully saturated rings. The van der Waals surface area contributed by atoms with Crippen molar-refractivity contribution >= 4 is 11.6 Å². The second-order valence-corrected chi connectivity index (χ2v) is 3.83. The van der Waals surface area contributed by atoms with Crippen molar-refractivity contribution in [3.05, 3.63) is 21.8 Å². The van der Waals surface area contributed by atoms with E-state index in [2.05, 4.69) is 4.98 Å². The third-order valence-corrected chi connectivity index (χ3v) is 2.58. The molecule has 0 radical (unpaired) electrons. The third-order valence-electron chi connectivity index (χ3n) is 2.31. The van der Waals surface area contributed by atoms with E-state index in [4.69, 9.17) is 16.3 Å². The molecule has 5 heteroatoms. The van der Waals surface area contributed by atoms with E-state index in [0.717, 1.165) is 6.54 Å². The van der Waals surface area contributed by atoms with Gasteiger partial charge in [-0.05, 0) is 18.8 Å². The molecule has 76 valence electrons. The summed E-state index contributed by atoms with van der Waals surface area (Å²) in [6.07, 6.45) is 3.86. The van der Waals surface area contributed by atoms with E-state index in [9.17, 15) is 4.79 Å². The van der Waals surface area contributed by atoms with Gasteiger partial charge in [0, 0.05) is 6.54 Å². The van der Waals surface area contributed by atoms with Crippen molar-refractivity contribution in [1.82, 2.24) is 9.55 Å². The van der Waals surface area contributed by atoms with Gasteiger partial charge in [0.15, 0.2) is 5.15 Å². The number of methoxy groups -OCH3 is 1. The van der Waals surface area contributed by atoms with Crippen molar-refractivity contribution in [2.75, 3.05) is 7.11 Å². The predicted molar refractivity (Wildman–Crippen MR) is 52.8 cm³/mol. The van der Waals surface area contributed by atoms with Gasteiger partial charge in [0.2, 0.25) is 5.75 Å². The Kier molecular flexibility index (Phi) is 2.46. The SMILES string of the molecule is COc1c(Cl)ncn(CC2CC2)c1=O. The Labute approximate surface area is 86.5 Å². The van der Waals surface area contributed by atoms with Crippen molar-refractivity contribution < 1.29 is 4.74 Å². The highest BCUT2D eigenvalue weighted by atomic mass is 35.5. The second-order valence-electron chi connectivity index (χ2n) is 3.47. The van der Waals surface area contributed by atoms with E-state index in [1.165, 1.54) is 26.3 Å². The van der Waals surface area contributed by atoms with Crippen LogP contribution >= 0.6 is 11.6 Å². The molecule has 0 aliphatic heterocycles. The summed E-state index contributed by atoms with van der Waals surface area (Å²) in [6, 6.07) is 0. The van der Waals surface area contributed by atoms with E-state index in [-0.39, 0.29) is 16.5 Å². The minimum Gasteiger partial charge on any atom is -0.489 e. The first-order chi connectivity index (χ1) is 6.72. The first-order valence-corrected chi connectivity index (χ1v) is 4.89. The molecule has 0 aromatic carbocycles. The summed E-state index contributed by atoms with van der Waals surface area (Å²) in [5, 5.41) is 0.129. The zero-order chi connectivity index (χ0) is 10.1. The number of rotatable bonds is 3. The number of ether oxygens (including phenoxy) is 1. The normalized spacial score (nSPS) is 15.6. The van der Waals surface area contributed by atoms with E-state index in [0.29, 0.717) is 5.92 Å². The fourth-order valence-electron chi connectivity index (χ4n) is 1.33. The number of aromatic nitrogens is 2. The molecule has 14 heavy (non-hydrogen) atoms. The Morgan fingerprint density at radius 2 is 2.43 bits per heavy atom. The van der Waals surface area contributed by atoms with Crippen LogP contribution in [0.3, 0.4) is 0 Å². The van der Waals surface area contributed by atoms with E-state index in [1.807, 2.05) is 0 Å². The Hall–Kier alpha value is -1.03. The highest BCUT2D eigenvalue weighted by Crippen LogP contribution is 2.30. The van der Waals surface area contributed by atoms with Crippen molar-refractivity contribution in [2.45, 2.75) is 19.4 Å². The van der Waals surface area contributed by atoms with Crippen LogP contribution in [-0.4, -0.2) is 16.7 Å². The molecule has 2 rings (SSSR count). The standard InChI is InChI=1S/C9H11ClN2O2/c1-14-7-8(10)11-5-12(9(7)13)4-6-2-3-6/h5-6H,2-4H2,1H3. The van der Waals surface area contributed by atoms with Gasteiger partial charge in [0.1, 0.15) is 0 Å². The summed E-state index contributed by atoms with van der Waals surface area (Å²) in [4.78, 5) is 15.6. The zero-order valence-corrected chi connectivity index (χ0v) is 8.62. The van der Waals surface area contributed by atoms with Crippen LogP contribution in [0.4, 0.5) is 0 Å². The molecule has 1 aromatic rings. The average Bonchev–Trinajstić information content (AvgIpc) is 2.95. The zero-order valence-electron chi connectivity index (χ0n) is 7.86. The first-order valence-electron chi connectivity index (χ1n) is 4.51. The number of nitrogens with zero attached hydrogens (tertiary/aromatic N) is 2. The monoisotopic (exact) mass is 214 g/mol. The predicted octanol–water partition coefficient (Wildman–Crippen LogP) is 1.32. The molecular formula is C9H11ClN2O2. The van der Waals surface area contributed by atoms with E-state index < -0.39 is 0 Å². The summed E-state index contributed by atoms with van der Waals surface area (Å²) >= 11 is 5.70. The van der Waals surface area contributed by atoms with Crippen LogP contribution in [0, 0.1) is 5.92 Å². The van der Waals surface area contributed by atoms with Crippen LogP contribution in [0.15, 0.2) is 11.1 Å². The van der Waals surface area contributed by atoms with Crippen molar-refractivity contribution in [1.29, 1.82) is 0 Å². The fourth-order valence-corrected chi connectivity index (χ4v) is 1.53. The minimum atomic E-state index is -0.195. The van der Waals surface area contributed by atoms with Crippen LogP contribution < -0.4 is 10.3 Å². The Balaban J connectivity index is 2.35. The Morgan fingerprint density at radius 1 is 1.71 bits per heavy atom. The van der Waals surface area contributed by atoms with Crippen molar-refractivity contribution in [2.24, 2.45) is 5.92 Å². The summed E-state index contributed by atoms with van der Waals surface area (Å²) in [6.45, 7) is 0.722. The van der Waals surface area contributed by atoms with E-state index in [1.54, 1.807) is 4.57 Å². The maximum absolute atomic E-state index is 11.7. The van der Waals surface area contributed by atoms with Crippen LogP contribution in [0.1, 0.15) is 12.8 Å². The van der Waals surface area contributed by atoms with Gasteiger partial charge in [0.05, 0.1) is 13.4 Å². The molecule has 1 aliphatic carbocycles. The molecule has 0 bridgehead atoms. The second kappa shape index (κ2) is 3.61. The summed E-state index contributed by atoms with van der Waals surface area (Å²) in [7, 11) is 1.42. The van der Waals surface area contributed by atoms with Crippen LogP contribution in [0.2, 0.25) is 5.15 Å². The van der Waals surface area contributed by atoms with Gasteiger partial charge in [-0.2, -0.15) is 0 Å². The molecule has 0 N–H and O–H groups in total. The third kappa shape index (κ3) is 1.75. The highest BCUT2D eigenvalue weighted by molar-refractivity contribution is 6.30. The highest BCUT2D eigenvalue weighted by Gasteiger charge is 2.23. The van der Waals surface area contributed by atoms with Crippen LogP contribution in [-0.2, 0) is 6.54 Å². The quantitative estimate of drug-likeness (QED) is 0.713. The Morgan fingerprint density at radius 3 is 3.00 bits per heavy atom. The molecule has 0 unspecified atom stereocenters. The fraction of sp³-hybridized carbons (Fsp3) is 0.556. The lowest BCUT2D eigenvalue weighted by Gasteiger charge is -2.06. The largest absolute Gasteiger partial charge is 0.489 e.